The number of hydrogen-bond donors (Lipinski definition) is 1. The second-order valence-electron chi connectivity index (χ2n) is 9.81. The third-order valence-electron chi connectivity index (χ3n) is 7.19. The van der Waals surface area contributed by atoms with Gasteiger partial charge in [0.15, 0.2) is 0 Å². The second-order valence-corrected chi connectivity index (χ2v) is 20.2. The first-order chi connectivity index (χ1) is 19.4. The number of amides is 1. The van der Waals surface area contributed by atoms with Crippen molar-refractivity contribution in [1.29, 1.82) is 0 Å². The van der Waals surface area contributed by atoms with Gasteiger partial charge in [-0.3, -0.25) is 0 Å². The van der Waals surface area contributed by atoms with Gasteiger partial charge in [0.2, 0.25) is 0 Å². The van der Waals surface area contributed by atoms with Crippen LogP contribution < -0.4 is 18.5 Å². The van der Waals surface area contributed by atoms with Gasteiger partial charge in [-0.2, -0.15) is 0 Å². The third kappa shape index (κ3) is 6.67. The van der Waals surface area contributed by atoms with Crippen molar-refractivity contribution in [3.8, 4) is 0 Å². The molecular formula is C33H38GeNO4P. The van der Waals surface area contributed by atoms with Crippen molar-refractivity contribution in [3.05, 3.63) is 127 Å². The van der Waals surface area contributed by atoms with Crippen LogP contribution in [0.4, 0.5) is 0 Å². The number of rotatable bonds is 13. The van der Waals surface area contributed by atoms with Gasteiger partial charge in [-0.15, -0.1) is 0 Å². The number of benzene rings is 4. The molecule has 208 valence electrons. The van der Waals surface area contributed by atoms with Crippen LogP contribution in [0.15, 0.2) is 121 Å². The summed E-state index contributed by atoms with van der Waals surface area (Å²) < 4.78 is 29.2. The van der Waals surface area contributed by atoms with Crippen LogP contribution in [0.2, 0.25) is 5.25 Å². The van der Waals surface area contributed by atoms with E-state index in [-0.39, 0.29) is 25.0 Å². The fourth-order valence-electron chi connectivity index (χ4n) is 5.38. The van der Waals surface area contributed by atoms with E-state index in [2.05, 4.69) is 78.1 Å². The Morgan fingerprint density at radius 3 is 1.45 bits per heavy atom. The van der Waals surface area contributed by atoms with Crippen molar-refractivity contribution in [1.82, 2.24) is 5.32 Å². The molecule has 0 aromatic heterocycles. The van der Waals surface area contributed by atoms with Gasteiger partial charge < -0.3 is 0 Å². The van der Waals surface area contributed by atoms with Crippen molar-refractivity contribution in [2.24, 2.45) is 5.92 Å². The average molecular weight is 616 g/mol. The Morgan fingerprint density at radius 1 is 0.700 bits per heavy atom. The van der Waals surface area contributed by atoms with Gasteiger partial charge in [0.05, 0.1) is 0 Å². The van der Waals surface area contributed by atoms with Crippen molar-refractivity contribution < 1.29 is 18.4 Å². The van der Waals surface area contributed by atoms with Crippen LogP contribution in [0.1, 0.15) is 32.1 Å². The Morgan fingerprint density at radius 2 is 1.07 bits per heavy atom. The Kier molecular flexibility index (Phi) is 10.6. The Bertz CT molecular complexity index is 1280. The third-order valence-corrected chi connectivity index (χ3v) is 20.4. The van der Waals surface area contributed by atoms with Gasteiger partial charge >= 0.3 is 242 Å². The molecule has 0 fully saturated rings. The molecule has 0 heterocycles. The first-order valence-electron chi connectivity index (χ1n) is 13.8. The molecule has 40 heavy (non-hydrogen) atoms. The summed E-state index contributed by atoms with van der Waals surface area (Å²) in [4.78, 5) is 14.0. The van der Waals surface area contributed by atoms with Crippen LogP contribution in [0.25, 0.3) is 0 Å². The molecule has 4 aromatic carbocycles. The molecule has 2 unspecified atom stereocenters. The van der Waals surface area contributed by atoms with Crippen molar-refractivity contribution in [3.63, 3.8) is 0 Å². The van der Waals surface area contributed by atoms with Gasteiger partial charge in [0, 0.05) is 0 Å². The molecule has 0 aliphatic carbocycles. The van der Waals surface area contributed by atoms with Crippen LogP contribution in [0.3, 0.4) is 0 Å². The van der Waals surface area contributed by atoms with Crippen LogP contribution in [0, 0.1) is 5.92 Å². The molecule has 0 bridgehead atoms. The van der Waals surface area contributed by atoms with E-state index in [4.69, 9.17) is 9.05 Å². The molecule has 0 spiro atoms. The van der Waals surface area contributed by atoms with Crippen molar-refractivity contribution in [2.45, 2.75) is 31.8 Å². The topological polar surface area (TPSA) is 64.6 Å². The van der Waals surface area contributed by atoms with Crippen molar-refractivity contribution >= 4 is 40.0 Å². The standard InChI is InChI=1S/C33H38GeNO4P/c1-4-38-40(37,39-5-2)33(28-18-10-6-11-19-28)35-32(36)27(3)26-34(29-20-12-7-13-21-29,30-22-14-8-15-23-30)31-24-16-9-17-25-31/h6-25,27,33H,4-5,26H2,1-3H3,(H,35,36). The first kappa shape index (κ1) is 30.0. The van der Waals surface area contributed by atoms with E-state index in [9.17, 15) is 9.36 Å². The van der Waals surface area contributed by atoms with E-state index in [1.807, 2.05) is 55.5 Å². The van der Waals surface area contributed by atoms with Crippen LogP contribution >= 0.6 is 7.60 Å². The van der Waals surface area contributed by atoms with Gasteiger partial charge in [0.1, 0.15) is 0 Å². The van der Waals surface area contributed by atoms with Crippen molar-refractivity contribution in [2.75, 3.05) is 13.2 Å². The number of hydrogen-bond acceptors (Lipinski definition) is 4. The molecule has 0 radical (unpaired) electrons. The molecule has 0 aliphatic heterocycles. The fraction of sp³-hybridized carbons (Fsp3) is 0.242. The molecule has 7 heteroatoms. The Hall–Kier alpha value is -2.96. The Balaban J connectivity index is 1.76. The maximum atomic E-state index is 14.0. The maximum absolute atomic E-state index is 14.0. The SMILES string of the molecule is CCOP(=O)(OCC)C(NC(=O)C(C)[CH2][Ge]([c]1ccccc1)([c]1ccccc1)[c]1ccccc1)c1ccccc1. The van der Waals surface area contributed by atoms with E-state index in [0.29, 0.717) is 10.8 Å². The summed E-state index contributed by atoms with van der Waals surface area (Å²) in [6.45, 7) is 5.94. The Labute approximate surface area is 240 Å². The predicted octanol–water partition coefficient (Wildman–Crippen LogP) is 5.87. The summed E-state index contributed by atoms with van der Waals surface area (Å²) in [5.74, 6) is -1.45. The number of carbonyl (C=O) groups is 1. The van der Waals surface area contributed by atoms with Crippen LogP contribution in [-0.4, -0.2) is 32.4 Å². The molecule has 0 aliphatic rings. The van der Waals surface area contributed by atoms with E-state index in [1.165, 1.54) is 13.2 Å². The minimum absolute atomic E-state index is 0.175. The summed E-state index contributed by atoms with van der Waals surface area (Å²) >= 11 is -3.37. The monoisotopic (exact) mass is 617 g/mol. The molecular weight excluding hydrogens is 578 g/mol. The molecule has 1 amide bonds. The normalized spacial score (nSPS) is 13.4. The zero-order valence-corrected chi connectivity index (χ0v) is 26.4. The van der Waals surface area contributed by atoms with E-state index < -0.39 is 26.6 Å². The van der Waals surface area contributed by atoms with Crippen LogP contribution in [0.5, 0.6) is 0 Å². The van der Waals surface area contributed by atoms with E-state index in [0.717, 1.165) is 0 Å². The zero-order chi connectivity index (χ0) is 28.4. The molecule has 0 saturated carbocycles. The molecule has 2 atom stereocenters. The molecule has 1 N–H and O–H groups in total. The summed E-state index contributed by atoms with van der Waals surface area (Å²) in [7, 11) is -3.69. The summed E-state index contributed by atoms with van der Waals surface area (Å²) in [5, 5.41) is 3.78. The van der Waals surface area contributed by atoms with Gasteiger partial charge in [0.25, 0.3) is 0 Å². The van der Waals surface area contributed by atoms with Gasteiger partial charge in [-0.1, -0.05) is 0 Å². The van der Waals surface area contributed by atoms with E-state index >= 15 is 0 Å². The number of nitrogens with one attached hydrogen (secondary N) is 1. The molecule has 4 aromatic rings. The summed E-state index contributed by atoms with van der Waals surface area (Å²) in [5.41, 5.74) is 0.690. The molecule has 5 nitrogen and oxygen atoms in total. The first-order valence-corrected chi connectivity index (χ1v) is 20.1. The molecule has 0 saturated heterocycles. The average Bonchev–Trinajstić information content (AvgIpc) is 3.00. The fourth-order valence-corrected chi connectivity index (χ4v) is 18.0. The number of carbonyl (C=O) groups excluding carboxylic acids is 1. The van der Waals surface area contributed by atoms with E-state index in [1.54, 1.807) is 13.8 Å². The van der Waals surface area contributed by atoms with Gasteiger partial charge in [-0.05, 0) is 0 Å². The minimum atomic E-state index is -3.69. The molecule has 4 rings (SSSR count). The zero-order valence-electron chi connectivity index (χ0n) is 23.4. The van der Waals surface area contributed by atoms with Crippen LogP contribution in [-0.2, 0) is 18.4 Å². The second kappa shape index (κ2) is 14.1. The predicted molar refractivity (Wildman–Crippen MR) is 166 cm³/mol. The van der Waals surface area contributed by atoms with Gasteiger partial charge in [-0.25, -0.2) is 0 Å². The summed E-state index contributed by atoms with van der Waals surface area (Å²) in [6, 6.07) is 41.1. The summed E-state index contributed by atoms with van der Waals surface area (Å²) in [6.07, 6.45) is 0. The quantitative estimate of drug-likeness (QED) is 0.151.